The predicted octanol–water partition coefficient (Wildman–Crippen LogP) is 5.04. The number of nitrogens with two attached hydrogens (primary N) is 2. The van der Waals surface area contributed by atoms with E-state index in [-0.39, 0.29) is 11.6 Å². The summed E-state index contributed by atoms with van der Waals surface area (Å²) >= 11 is 4.67. The summed E-state index contributed by atoms with van der Waals surface area (Å²) in [5.41, 5.74) is 12.7. The molecule has 0 heterocycles. The summed E-state index contributed by atoms with van der Waals surface area (Å²) in [4.78, 5) is 5.34. The molecule has 0 amide bonds. The van der Waals surface area contributed by atoms with E-state index in [0.717, 1.165) is 16.7 Å². The maximum atomic E-state index is 14.3. The van der Waals surface area contributed by atoms with E-state index in [9.17, 15) is 8.78 Å². The van der Waals surface area contributed by atoms with Crippen LogP contribution in [0.2, 0.25) is 0 Å². The Hall–Kier alpha value is -2.74. The van der Waals surface area contributed by atoms with Gasteiger partial charge in [-0.05, 0) is 90.4 Å². The number of aryl methyl sites for hydroxylation is 1. The standard InChI is InChI=1S/C25H28F2N4S/c1-16-3-4-18(11-23(16)27)13-25(17(2)32)14-19(15-28)24(12-20(25)9-10-30-29)31-22-7-5-21(26)6-8-22/h3-8,11-12,15,30,32H,2,9-10,13-14,28-29H2,1H3. The van der Waals surface area contributed by atoms with Crippen LogP contribution in [0.5, 0.6) is 0 Å². The molecule has 0 aromatic heterocycles. The molecule has 1 unspecified atom stereocenters. The van der Waals surface area contributed by atoms with Crippen molar-refractivity contribution < 1.29 is 8.78 Å². The quantitative estimate of drug-likeness (QED) is 0.269. The van der Waals surface area contributed by atoms with Crippen molar-refractivity contribution in [1.29, 1.82) is 0 Å². The molecule has 2 aromatic carbocycles. The van der Waals surface area contributed by atoms with Crippen molar-refractivity contribution in [3.8, 4) is 0 Å². The molecule has 5 N–H and O–H groups in total. The van der Waals surface area contributed by atoms with Crippen molar-refractivity contribution in [1.82, 2.24) is 5.43 Å². The molecule has 168 valence electrons. The summed E-state index contributed by atoms with van der Waals surface area (Å²) in [6.45, 7) is 6.43. The minimum atomic E-state index is -0.589. The molecule has 7 heteroatoms. The summed E-state index contributed by atoms with van der Waals surface area (Å²) in [6.07, 6.45) is 5.11. The van der Waals surface area contributed by atoms with Crippen molar-refractivity contribution in [2.24, 2.45) is 22.0 Å². The number of thiol groups is 1. The number of allylic oxidation sites excluding steroid dienone is 3. The van der Waals surface area contributed by atoms with Crippen LogP contribution in [-0.2, 0) is 6.42 Å². The van der Waals surface area contributed by atoms with Gasteiger partial charge >= 0.3 is 0 Å². The molecule has 1 aliphatic carbocycles. The zero-order chi connectivity index (χ0) is 23.3. The Morgan fingerprint density at radius 3 is 2.56 bits per heavy atom. The van der Waals surface area contributed by atoms with Gasteiger partial charge in [-0.3, -0.25) is 11.3 Å². The van der Waals surface area contributed by atoms with Crippen LogP contribution < -0.4 is 17.0 Å². The molecule has 0 saturated carbocycles. The third-order valence-electron chi connectivity index (χ3n) is 5.86. The number of halogens is 2. The number of hydrogen-bond acceptors (Lipinski definition) is 5. The van der Waals surface area contributed by atoms with E-state index in [1.807, 2.05) is 12.1 Å². The monoisotopic (exact) mass is 454 g/mol. The van der Waals surface area contributed by atoms with Crippen LogP contribution in [0.15, 0.2) is 82.4 Å². The average molecular weight is 455 g/mol. The third kappa shape index (κ3) is 5.18. The average Bonchev–Trinajstić information content (AvgIpc) is 2.77. The highest BCUT2D eigenvalue weighted by Gasteiger charge is 2.40. The Morgan fingerprint density at radius 2 is 1.97 bits per heavy atom. The topological polar surface area (TPSA) is 76.4 Å². The van der Waals surface area contributed by atoms with Crippen LogP contribution in [0.3, 0.4) is 0 Å². The van der Waals surface area contributed by atoms with Gasteiger partial charge in [-0.25, -0.2) is 13.8 Å². The van der Waals surface area contributed by atoms with Crippen LogP contribution >= 0.6 is 12.6 Å². The maximum Gasteiger partial charge on any atom is 0.126 e. The predicted molar refractivity (Wildman–Crippen MR) is 131 cm³/mol. The molecule has 32 heavy (non-hydrogen) atoms. The minimum absolute atomic E-state index is 0.249. The molecule has 0 aliphatic heterocycles. The van der Waals surface area contributed by atoms with E-state index in [1.165, 1.54) is 18.3 Å². The summed E-state index contributed by atoms with van der Waals surface area (Å²) in [6, 6.07) is 11.2. The Bertz CT molecular complexity index is 1090. The number of hydrogen-bond donors (Lipinski definition) is 4. The van der Waals surface area contributed by atoms with Gasteiger partial charge in [-0.1, -0.05) is 24.3 Å². The molecule has 1 aliphatic rings. The number of benzene rings is 2. The lowest BCUT2D eigenvalue weighted by atomic mass is 9.65. The highest BCUT2D eigenvalue weighted by atomic mass is 32.1. The number of aliphatic imine (C=N–C) groups is 1. The molecule has 3 rings (SSSR count). The highest BCUT2D eigenvalue weighted by Crippen LogP contribution is 2.49. The van der Waals surface area contributed by atoms with Crippen molar-refractivity contribution in [3.05, 3.63) is 100 Å². The van der Waals surface area contributed by atoms with Gasteiger partial charge in [0.05, 0.1) is 11.4 Å². The van der Waals surface area contributed by atoms with E-state index in [0.29, 0.717) is 47.7 Å². The molecule has 2 aromatic rings. The van der Waals surface area contributed by atoms with E-state index >= 15 is 0 Å². The van der Waals surface area contributed by atoms with Crippen LogP contribution in [-0.4, -0.2) is 12.3 Å². The first-order chi connectivity index (χ1) is 15.3. The lowest BCUT2D eigenvalue weighted by Crippen LogP contribution is -2.35. The van der Waals surface area contributed by atoms with Crippen molar-refractivity contribution in [3.63, 3.8) is 0 Å². The molecule has 0 radical (unpaired) electrons. The fourth-order valence-electron chi connectivity index (χ4n) is 4.01. The summed E-state index contributed by atoms with van der Waals surface area (Å²) in [5.74, 6) is 4.98. The molecular weight excluding hydrogens is 426 g/mol. The van der Waals surface area contributed by atoms with E-state index in [4.69, 9.17) is 11.6 Å². The summed E-state index contributed by atoms with van der Waals surface area (Å²) < 4.78 is 27.6. The van der Waals surface area contributed by atoms with E-state index in [1.54, 1.807) is 31.2 Å². The largest absolute Gasteiger partial charge is 0.404 e. The summed E-state index contributed by atoms with van der Waals surface area (Å²) in [5, 5.41) is 0. The lowest BCUT2D eigenvalue weighted by Gasteiger charge is -2.41. The second kappa shape index (κ2) is 10.3. The molecule has 0 bridgehead atoms. The first-order valence-corrected chi connectivity index (χ1v) is 10.8. The zero-order valence-corrected chi connectivity index (χ0v) is 18.9. The van der Waals surface area contributed by atoms with E-state index < -0.39 is 5.41 Å². The van der Waals surface area contributed by atoms with Crippen molar-refractivity contribution >= 4 is 24.0 Å². The fourth-order valence-corrected chi connectivity index (χ4v) is 4.31. The molecular formula is C25H28F2N4S. The van der Waals surface area contributed by atoms with Gasteiger partial charge in [0.25, 0.3) is 0 Å². The van der Waals surface area contributed by atoms with Gasteiger partial charge < -0.3 is 5.73 Å². The molecule has 0 spiro atoms. The maximum absolute atomic E-state index is 14.3. The number of rotatable bonds is 7. The molecule has 0 saturated heterocycles. The van der Waals surface area contributed by atoms with Gasteiger partial charge in [0.2, 0.25) is 0 Å². The van der Waals surface area contributed by atoms with Crippen LogP contribution in [0.4, 0.5) is 14.5 Å². The fraction of sp³-hybridized carbons (Fsp3) is 0.240. The summed E-state index contributed by atoms with van der Waals surface area (Å²) in [7, 11) is 0. The number of nitrogens with zero attached hydrogens (tertiary/aromatic N) is 1. The number of hydrazine groups is 1. The third-order valence-corrected chi connectivity index (χ3v) is 6.29. The molecule has 4 nitrogen and oxygen atoms in total. The van der Waals surface area contributed by atoms with Gasteiger partial charge in [0.1, 0.15) is 11.6 Å². The minimum Gasteiger partial charge on any atom is -0.404 e. The first-order valence-electron chi connectivity index (χ1n) is 10.3. The van der Waals surface area contributed by atoms with Crippen LogP contribution in [0.1, 0.15) is 24.0 Å². The molecule has 0 fully saturated rings. The number of nitrogens with one attached hydrogen (secondary N) is 1. The lowest BCUT2D eigenvalue weighted by molar-refractivity contribution is 0.424. The van der Waals surface area contributed by atoms with Gasteiger partial charge in [-0.15, -0.1) is 12.6 Å². The van der Waals surface area contributed by atoms with Gasteiger partial charge in [0, 0.05) is 12.0 Å². The second-order valence-electron chi connectivity index (χ2n) is 8.00. The van der Waals surface area contributed by atoms with Crippen LogP contribution in [0, 0.1) is 24.0 Å². The van der Waals surface area contributed by atoms with Crippen molar-refractivity contribution in [2.75, 3.05) is 6.54 Å². The first kappa shape index (κ1) is 23.9. The van der Waals surface area contributed by atoms with Gasteiger partial charge in [-0.2, -0.15) is 0 Å². The zero-order valence-electron chi connectivity index (χ0n) is 18.0. The van der Waals surface area contributed by atoms with Gasteiger partial charge in [0.15, 0.2) is 0 Å². The normalized spacial score (nSPS) is 21.1. The Kier molecular flexibility index (Phi) is 7.66. The molecule has 1 atom stereocenters. The van der Waals surface area contributed by atoms with Crippen molar-refractivity contribution in [2.45, 2.75) is 26.2 Å². The smallest absolute Gasteiger partial charge is 0.126 e. The van der Waals surface area contributed by atoms with Crippen LogP contribution in [0.25, 0.3) is 0 Å². The second-order valence-corrected chi connectivity index (χ2v) is 8.54. The Morgan fingerprint density at radius 1 is 1.25 bits per heavy atom. The Labute approximate surface area is 193 Å². The SMILES string of the molecule is C=C(S)C1(Cc2ccc(C)c(F)c2)CC(=CN)C(=Nc2ccc(F)cc2)C=C1CCNN. The Balaban J connectivity index is 2.12. The highest BCUT2D eigenvalue weighted by molar-refractivity contribution is 7.84. The van der Waals surface area contributed by atoms with E-state index in [2.05, 4.69) is 29.6 Å².